The molecule has 0 heterocycles. The van der Waals surface area contributed by atoms with Crippen molar-refractivity contribution in [1.82, 2.24) is 4.90 Å². The van der Waals surface area contributed by atoms with E-state index in [0.717, 1.165) is 17.8 Å². The Morgan fingerprint density at radius 2 is 1.77 bits per heavy atom. The molecule has 13 heavy (non-hydrogen) atoms. The van der Waals surface area contributed by atoms with Gasteiger partial charge in [-0.3, -0.25) is 0 Å². The monoisotopic (exact) mass is 183 g/mol. The van der Waals surface area contributed by atoms with Gasteiger partial charge in [0, 0.05) is 13.2 Å². The van der Waals surface area contributed by atoms with E-state index in [0.29, 0.717) is 12.5 Å². The van der Waals surface area contributed by atoms with E-state index in [-0.39, 0.29) is 0 Å². The van der Waals surface area contributed by atoms with Gasteiger partial charge in [0.15, 0.2) is 0 Å². The normalized spacial score (nSPS) is 43.4. The van der Waals surface area contributed by atoms with E-state index in [9.17, 15) is 5.11 Å². The van der Waals surface area contributed by atoms with Gasteiger partial charge in [-0.2, -0.15) is 0 Å². The van der Waals surface area contributed by atoms with Gasteiger partial charge >= 0.3 is 0 Å². The molecule has 2 aliphatic rings. The van der Waals surface area contributed by atoms with Crippen molar-refractivity contribution in [1.29, 1.82) is 0 Å². The van der Waals surface area contributed by atoms with E-state index < -0.39 is 0 Å². The molecule has 2 heteroatoms. The minimum atomic E-state index is 0.416. The standard InChI is InChI=1S/C11H21NO/c1-12(2)6-10-8-3-4-9(5-8)11(10)7-13/h8-11,13H,3-7H2,1-2H3. The Bertz CT molecular complexity index is 181. The Morgan fingerprint density at radius 3 is 2.31 bits per heavy atom. The lowest BCUT2D eigenvalue weighted by Gasteiger charge is -2.31. The van der Waals surface area contributed by atoms with E-state index in [2.05, 4.69) is 19.0 Å². The molecule has 0 aromatic carbocycles. The lowest BCUT2D eigenvalue weighted by Crippen LogP contribution is -2.33. The van der Waals surface area contributed by atoms with Gasteiger partial charge in [-0.1, -0.05) is 0 Å². The Balaban J connectivity index is 2.00. The van der Waals surface area contributed by atoms with Gasteiger partial charge in [0.1, 0.15) is 0 Å². The predicted octanol–water partition coefficient (Wildman–Crippen LogP) is 1.20. The lowest BCUT2D eigenvalue weighted by molar-refractivity contribution is 0.105. The molecular weight excluding hydrogens is 162 g/mol. The summed E-state index contributed by atoms with van der Waals surface area (Å²) in [5.41, 5.74) is 0. The van der Waals surface area contributed by atoms with Crippen LogP contribution in [0.3, 0.4) is 0 Å². The minimum absolute atomic E-state index is 0.416. The summed E-state index contributed by atoms with van der Waals surface area (Å²) in [4.78, 5) is 2.27. The van der Waals surface area contributed by atoms with E-state index >= 15 is 0 Å². The summed E-state index contributed by atoms with van der Waals surface area (Å²) in [6, 6.07) is 0. The van der Waals surface area contributed by atoms with Gasteiger partial charge in [-0.05, 0) is 57.0 Å². The van der Waals surface area contributed by atoms with Crippen LogP contribution in [0.25, 0.3) is 0 Å². The maximum absolute atomic E-state index is 9.35. The molecular formula is C11H21NO. The summed E-state index contributed by atoms with van der Waals surface area (Å²) >= 11 is 0. The highest BCUT2D eigenvalue weighted by atomic mass is 16.3. The van der Waals surface area contributed by atoms with Crippen LogP contribution in [0.1, 0.15) is 19.3 Å². The number of nitrogens with zero attached hydrogens (tertiary/aromatic N) is 1. The molecule has 0 aromatic rings. The molecule has 4 atom stereocenters. The highest BCUT2D eigenvalue weighted by Gasteiger charge is 2.46. The average molecular weight is 183 g/mol. The maximum Gasteiger partial charge on any atom is 0.0465 e. The molecule has 2 rings (SSSR count). The van der Waals surface area contributed by atoms with Crippen molar-refractivity contribution in [3.05, 3.63) is 0 Å². The fourth-order valence-electron chi connectivity index (χ4n) is 3.52. The fraction of sp³-hybridized carbons (Fsp3) is 1.00. The van der Waals surface area contributed by atoms with Crippen LogP contribution in [0.2, 0.25) is 0 Å². The van der Waals surface area contributed by atoms with Crippen LogP contribution < -0.4 is 0 Å². The van der Waals surface area contributed by atoms with Gasteiger partial charge in [0.25, 0.3) is 0 Å². The molecule has 1 N–H and O–H groups in total. The van der Waals surface area contributed by atoms with Crippen molar-refractivity contribution in [3.63, 3.8) is 0 Å². The number of hydrogen-bond donors (Lipinski definition) is 1. The van der Waals surface area contributed by atoms with Crippen molar-refractivity contribution >= 4 is 0 Å². The molecule has 2 nitrogen and oxygen atoms in total. The summed E-state index contributed by atoms with van der Waals surface area (Å²) in [6.45, 7) is 1.59. The number of hydrogen-bond acceptors (Lipinski definition) is 2. The van der Waals surface area contributed by atoms with Crippen LogP contribution >= 0.6 is 0 Å². The van der Waals surface area contributed by atoms with Crippen molar-refractivity contribution in [2.24, 2.45) is 23.7 Å². The van der Waals surface area contributed by atoms with Crippen molar-refractivity contribution in [2.75, 3.05) is 27.2 Å². The molecule has 0 amide bonds. The lowest BCUT2D eigenvalue weighted by atomic mass is 9.79. The molecule has 2 aliphatic carbocycles. The first-order valence-electron chi connectivity index (χ1n) is 5.48. The molecule has 2 bridgehead atoms. The second kappa shape index (κ2) is 3.58. The molecule has 0 spiro atoms. The number of rotatable bonds is 3. The van der Waals surface area contributed by atoms with E-state index in [1.807, 2.05) is 0 Å². The topological polar surface area (TPSA) is 23.5 Å². The number of aliphatic hydroxyl groups excluding tert-OH is 1. The second-order valence-corrected chi connectivity index (χ2v) is 5.11. The molecule has 0 radical (unpaired) electrons. The molecule has 4 unspecified atom stereocenters. The number of fused-ring (bicyclic) bond motifs is 2. The zero-order valence-electron chi connectivity index (χ0n) is 8.74. The van der Waals surface area contributed by atoms with Gasteiger partial charge in [0.05, 0.1) is 0 Å². The quantitative estimate of drug-likeness (QED) is 0.711. The van der Waals surface area contributed by atoms with Crippen LogP contribution in [0.5, 0.6) is 0 Å². The van der Waals surface area contributed by atoms with Gasteiger partial charge in [-0.25, -0.2) is 0 Å². The molecule has 0 aromatic heterocycles. The molecule has 0 aliphatic heterocycles. The van der Waals surface area contributed by atoms with E-state index in [1.165, 1.54) is 25.8 Å². The summed E-state index contributed by atoms with van der Waals surface area (Å²) in [6.07, 6.45) is 4.18. The summed E-state index contributed by atoms with van der Waals surface area (Å²) in [7, 11) is 4.28. The van der Waals surface area contributed by atoms with Crippen LogP contribution in [0.15, 0.2) is 0 Å². The zero-order chi connectivity index (χ0) is 9.42. The van der Waals surface area contributed by atoms with Gasteiger partial charge in [-0.15, -0.1) is 0 Å². The van der Waals surface area contributed by atoms with Crippen molar-refractivity contribution in [2.45, 2.75) is 19.3 Å². The van der Waals surface area contributed by atoms with Crippen LogP contribution in [-0.4, -0.2) is 37.3 Å². The molecule has 76 valence electrons. The smallest absolute Gasteiger partial charge is 0.0465 e. The maximum atomic E-state index is 9.35. The highest BCUT2D eigenvalue weighted by Crippen LogP contribution is 2.52. The van der Waals surface area contributed by atoms with E-state index in [4.69, 9.17) is 0 Å². The first kappa shape index (κ1) is 9.47. The highest BCUT2D eigenvalue weighted by molar-refractivity contribution is 4.96. The van der Waals surface area contributed by atoms with Crippen molar-refractivity contribution < 1.29 is 5.11 Å². The van der Waals surface area contributed by atoms with Crippen LogP contribution in [0, 0.1) is 23.7 Å². The third-order valence-corrected chi connectivity index (χ3v) is 4.06. The third kappa shape index (κ3) is 1.62. The largest absolute Gasteiger partial charge is 0.396 e. The predicted molar refractivity (Wildman–Crippen MR) is 53.5 cm³/mol. The summed E-state index contributed by atoms with van der Waals surface area (Å²) < 4.78 is 0. The SMILES string of the molecule is CN(C)CC1C2CCC(C2)C1CO. The van der Waals surface area contributed by atoms with Gasteiger partial charge in [0.2, 0.25) is 0 Å². The minimum Gasteiger partial charge on any atom is -0.396 e. The summed E-state index contributed by atoms with van der Waals surface area (Å²) in [5, 5.41) is 9.35. The van der Waals surface area contributed by atoms with Crippen LogP contribution in [-0.2, 0) is 0 Å². The molecule has 0 saturated heterocycles. The zero-order valence-corrected chi connectivity index (χ0v) is 8.74. The van der Waals surface area contributed by atoms with Crippen molar-refractivity contribution in [3.8, 4) is 0 Å². The first-order valence-corrected chi connectivity index (χ1v) is 5.48. The fourth-order valence-corrected chi connectivity index (χ4v) is 3.52. The Labute approximate surface area is 80.9 Å². The second-order valence-electron chi connectivity index (χ2n) is 5.11. The Hall–Kier alpha value is -0.0800. The Morgan fingerprint density at radius 1 is 1.15 bits per heavy atom. The van der Waals surface area contributed by atoms with E-state index in [1.54, 1.807) is 0 Å². The van der Waals surface area contributed by atoms with Gasteiger partial charge < -0.3 is 10.0 Å². The van der Waals surface area contributed by atoms with Crippen LogP contribution in [0.4, 0.5) is 0 Å². The molecule has 2 saturated carbocycles. The first-order chi connectivity index (χ1) is 6.22. The molecule has 2 fully saturated rings. The number of aliphatic hydroxyl groups is 1. The third-order valence-electron chi connectivity index (χ3n) is 4.06. The Kier molecular flexibility index (Phi) is 2.61. The summed E-state index contributed by atoms with van der Waals surface area (Å²) in [5.74, 6) is 3.16. The average Bonchev–Trinajstić information content (AvgIpc) is 2.62.